The highest BCUT2D eigenvalue weighted by Crippen LogP contribution is 2.19. The number of hydrogen-bond donors (Lipinski definition) is 3. The van der Waals surface area contributed by atoms with Crippen molar-refractivity contribution in [3.63, 3.8) is 0 Å². The van der Waals surface area contributed by atoms with Crippen molar-refractivity contribution < 1.29 is 24.5 Å². The molecule has 6 heteroatoms. The number of esters is 1. The molecule has 0 radical (unpaired) electrons. The van der Waals surface area contributed by atoms with Crippen LogP contribution in [0.2, 0.25) is 0 Å². The molecular weight excluding hydrogens is 971 g/mol. The van der Waals surface area contributed by atoms with Crippen LogP contribution in [0.5, 0.6) is 0 Å². The molecule has 0 rings (SSSR count). The van der Waals surface area contributed by atoms with E-state index in [1.165, 1.54) is 321 Å². The van der Waals surface area contributed by atoms with Crippen molar-refractivity contribution in [2.24, 2.45) is 0 Å². The lowest BCUT2D eigenvalue weighted by atomic mass is 10.0. The maximum atomic E-state index is 12.5. The summed E-state index contributed by atoms with van der Waals surface area (Å²) in [6, 6.07) is -0.538. The number of amides is 1. The molecule has 0 fully saturated rings. The van der Waals surface area contributed by atoms with Crippen LogP contribution in [0.15, 0.2) is 24.3 Å². The standard InChI is InChI=1S/C73H141NO5/c1-3-5-7-9-11-13-15-17-19-39-43-47-51-55-59-63-67-73(78)79-68-64-60-56-52-48-44-40-36-34-32-30-28-26-24-22-20-21-23-25-27-29-31-33-35-38-42-46-50-54-58-62-66-72(77)74-70(69-75)71(76)65-61-57-53-49-45-41-37-18-16-14-12-10-8-6-4-2/h13,15,19,39,70-71,75-76H,3-12,14,16-18,20-38,40-69H2,1-2H3,(H,74,77)/b15-13-,39-19-. The van der Waals surface area contributed by atoms with E-state index in [0.717, 1.165) is 51.4 Å². The Balaban J connectivity index is 3.32. The Morgan fingerprint density at radius 2 is 0.633 bits per heavy atom. The van der Waals surface area contributed by atoms with E-state index >= 15 is 0 Å². The minimum absolute atomic E-state index is 0.00783. The van der Waals surface area contributed by atoms with Gasteiger partial charge < -0.3 is 20.3 Å². The zero-order valence-electron chi connectivity index (χ0n) is 53.6. The molecule has 0 aliphatic carbocycles. The smallest absolute Gasteiger partial charge is 0.305 e. The van der Waals surface area contributed by atoms with E-state index in [9.17, 15) is 19.8 Å². The summed E-state index contributed by atoms with van der Waals surface area (Å²) >= 11 is 0. The molecule has 0 aliphatic rings. The largest absolute Gasteiger partial charge is 0.466 e. The number of carbonyl (C=O) groups is 2. The third-order valence-electron chi connectivity index (χ3n) is 17.0. The van der Waals surface area contributed by atoms with Crippen LogP contribution in [0.25, 0.3) is 0 Å². The van der Waals surface area contributed by atoms with Crippen LogP contribution in [0.1, 0.15) is 406 Å². The van der Waals surface area contributed by atoms with Crippen LogP contribution in [0, 0.1) is 0 Å². The van der Waals surface area contributed by atoms with Gasteiger partial charge in [-0.3, -0.25) is 9.59 Å². The summed E-state index contributed by atoms with van der Waals surface area (Å²) in [6.45, 7) is 4.97. The summed E-state index contributed by atoms with van der Waals surface area (Å²) in [6.07, 6.45) is 86.7. The van der Waals surface area contributed by atoms with Gasteiger partial charge in [0.2, 0.25) is 5.91 Å². The van der Waals surface area contributed by atoms with Gasteiger partial charge >= 0.3 is 5.97 Å². The fourth-order valence-electron chi connectivity index (χ4n) is 11.5. The predicted molar refractivity (Wildman–Crippen MR) is 347 cm³/mol. The molecule has 2 atom stereocenters. The Labute approximate surface area is 494 Å². The molecule has 0 aliphatic heterocycles. The zero-order chi connectivity index (χ0) is 57.1. The average molecular weight is 1110 g/mol. The molecule has 1 amide bonds. The highest BCUT2D eigenvalue weighted by molar-refractivity contribution is 5.76. The molecule has 0 aromatic carbocycles. The Morgan fingerprint density at radius 1 is 0.354 bits per heavy atom. The van der Waals surface area contributed by atoms with E-state index in [-0.39, 0.29) is 18.5 Å². The van der Waals surface area contributed by atoms with E-state index in [4.69, 9.17) is 4.74 Å². The number of rotatable bonds is 68. The predicted octanol–water partition coefficient (Wildman–Crippen LogP) is 23.3. The summed E-state index contributed by atoms with van der Waals surface area (Å²) in [4.78, 5) is 24.6. The Bertz CT molecular complexity index is 1230. The molecule has 0 aromatic heterocycles. The number of nitrogens with one attached hydrogen (secondary N) is 1. The zero-order valence-corrected chi connectivity index (χ0v) is 53.6. The lowest BCUT2D eigenvalue weighted by Gasteiger charge is -2.22. The molecule has 468 valence electrons. The van der Waals surface area contributed by atoms with Gasteiger partial charge in [0, 0.05) is 12.8 Å². The van der Waals surface area contributed by atoms with Gasteiger partial charge in [-0.05, 0) is 57.8 Å². The van der Waals surface area contributed by atoms with Crippen LogP contribution in [0.4, 0.5) is 0 Å². The summed E-state index contributed by atoms with van der Waals surface area (Å²) in [5.41, 5.74) is 0. The molecular formula is C73H141NO5. The second-order valence-electron chi connectivity index (χ2n) is 24.9. The number of unbranched alkanes of at least 4 members (excludes halogenated alkanes) is 53. The van der Waals surface area contributed by atoms with Gasteiger partial charge in [0.05, 0.1) is 25.4 Å². The maximum absolute atomic E-state index is 12.5. The molecule has 0 bridgehead atoms. The van der Waals surface area contributed by atoms with Crippen LogP contribution < -0.4 is 5.32 Å². The van der Waals surface area contributed by atoms with Gasteiger partial charge in [-0.2, -0.15) is 0 Å². The van der Waals surface area contributed by atoms with Crippen molar-refractivity contribution in [2.45, 2.75) is 418 Å². The molecule has 3 N–H and O–H groups in total. The number of aliphatic hydroxyl groups is 2. The monoisotopic (exact) mass is 1110 g/mol. The quantitative estimate of drug-likeness (QED) is 0.0320. The number of carbonyl (C=O) groups excluding carboxylic acids is 2. The first-order valence-corrected chi connectivity index (χ1v) is 36.1. The maximum Gasteiger partial charge on any atom is 0.305 e. The third-order valence-corrected chi connectivity index (χ3v) is 17.0. The molecule has 0 aromatic rings. The van der Waals surface area contributed by atoms with Gasteiger partial charge in [0.25, 0.3) is 0 Å². The normalized spacial score (nSPS) is 12.6. The van der Waals surface area contributed by atoms with Gasteiger partial charge in [-0.15, -0.1) is 0 Å². The first-order valence-electron chi connectivity index (χ1n) is 36.1. The van der Waals surface area contributed by atoms with Crippen LogP contribution in [-0.2, 0) is 14.3 Å². The molecule has 6 nitrogen and oxygen atoms in total. The van der Waals surface area contributed by atoms with E-state index in [1.54, 1.807) is 0 Å². The number of ether oxygens (including phenoxy) is 1. The van der Waals surface area contributed by atoms with Crippen molar-refractivity contribution in [3.8, 4) is 0 Å². The lowest BCUT2D eigenvalue weighted by molar-refractivity contribution is -0.143. The fraction of sp³-hybridized carbons (Fsp3) is 0.918. The van der Waals surface area contributed by atoms with Crippen molar-refractivity contribution in [1.29, 1.82) is 0 Å². The van der Waals surface area contributed by atoms with Crippen LogP contribution >= 0.6 is 0 Å². The van der Waals surface area contributed by atoms with E-state index in [1.807, 2.05) is 0 Å². The highest BCUT2D eigenvalue weighted by atomic mass is 16.5. The second kappa shape index (κ2) is 68.8. The van der Waals surface area contributed by atoms with Crippen molar-refractivity contribution >= 4 is 11.9 Å². The van der Waals surface area contributed by atoms with Crippen molar-refractivity contribution in [1.82, 2.24) is 5.32 Å². The minimum Gasteiger partial charge on any atom is -0.466 e. The lowest BCUT2D eigenvalue weighted by Crippen LogP contribution is -2.45. The molecule has 79 heavy (non-hydrogen) atoms. The SMILES string of the molecule is CCCCCC/C=C\C/C=C\CCCCCCCC(=O)OCCCCCCCCCCCCCCCCCCCCCCCCCCCCCCCCCC(=O)NC(CO)C(O)CCCCCCCCCCCCCCCCC. The average Bonchev–Trinajstić information content (AvgIpc) is 3.45. The Kier molecular flexibility index (Phi) is 67.4. The topological polar surface area (TPSA) is 95.9 Å². The molecule has 0 saturated carbocycles. The van der Waals surface area contributed by atoms with Crippen LogP contribution in [0.3, 0.4) is 0 Å². The third kappa shape index (κ3) is 65.4. The number of aliphatic hydroxyl groups excluding tert-OH is 2. The molecule has 2 unspecified atom stereocenters. The first kappa shape index (κ1) is 77.3. The minimum atomic E-state index is -0.661. The van der Waals surface area contributed by atoms with E-state index in [0.29, 0.717) is 25.9 Å². The van der Waals surface area contributed by atoms with E-state index < -0.39 is 12.1 Å². The van der Waals surface area contributed by atoms with E-state index in [2.05, 4.69) is 43.5 Å². The fourth-order valence-corrected chi connectivity index (χ4v) is 11.5. The highest BCUT2D eigenvalue weighted by Gasteiger charge is 2.20. The number of allylic oxidation sites excluding steroid dienone is 4. The summed E-state index contributed by atoms with van der Waals surface area (Å²) < 4.78 is 5.49. The van der Waals surface area contributed by atoms with Crippen molar-refractivity contribution in [2.75, 3.05) is 13.2 Å². The summed E-state index contributed by atoms with van der Waals surface area (Å²) in [5.74, 6) is -0.0199. The van der Waals surface area contributed by atoms with Gasteiger partial charge in [0.1, 0.15) is 0 Å². The van der Waals surface area contributed by atoms with Gasteiger partial charge in [-0.1, -0.05) is 359 Å². The first-order chi connectivity index (χ1) is 39.0. The number of hydrogen-bond acceptors (Lipinski definition) is 5. The molecule has 0 spiro atoms. The van der Waals surface area contributed by atoms with Gasteiger partial charge in [0.15, 0.2) is 0 Å². The van der Waals surface area contributed by atoms with Gasteiger partial charge in [-0.25, -0.2) is 0 Å². The molecule has 0 saturated heterocycles. The summed E-state index contributed by atoms with van der Waals surface area (Å²) in [7, 11) is 0. The van der Waals surface area contributed by atoms with Crippen molar-refractivity contribution in [3.05, 3.63) is 24.3 Å². The molecule has 0 heterocycles. The Morgan fingerprint density at radius 3 is 0.975 bits per heavy atom. The second-order valence-corrected chi connectivity index (χ2v) is 24.9. The van der Waals surface area contributed by atoms with Crippen LogP contribution in [-0.4, -0.2) is 47.4 Å². The Hall–Kier alpha value is -1.66. The summed E-state index contributed by atoms with van der Waals surface area (Å²) in [5, 5.41) is 23.3.